The minimum Gasteiger partial charge on any atom is -0.476 e. The van der Waals surface area contributed by atoms with E-state index in [4.69, 9.17) is 16.3 Å². The number of aromatic nitrogens is 1. The number of hydrogen-bond donors (Lipinski definition) is 0. The molecule has 0 atom stereocenters. The topological polar surface area (TPSA) is 42.4 Å². The molecule has 0 radical (unpaired) electrons. The van der Waals surface area contributed by atoms with Gasteiger partial charge in [-0.25, -0.2) is 4.98 Å². The van der Waals surface area contributed by atoms with Crippen molar-refractivity contribution in [2.75, 3.05) is 31.2 Å². The second-order valence-corrected chi connectivity index (χ2v) is 7.16. The third kappa shape index (κ3) is 4.04. The second kappa shape index (κ2) is 6.88. The van der Waals surface area contributed by atoms with Gasteiger partial charge in [-0.1, -0.05) is 11.6 Å². The third-order valence-electron chi connectivity index (χ3n) is 3.72. The molecule has 2 heterocycles. The summed E-state index contributed by atoms with van der Waals surface area (Å²) in [4.78, 5) is 18.6. The highest BCUT2D eigenvalue weighted by atomic mass is 35.5. The lowest BCUT2D eigenvalue weighted by Gasteiger charge is -2.20. The lowest BCUT2D eigenvalue weighted by molar-refractivity contribution is 0.0768. The summed E-state index contributed by atoms with van der Waals surface area (Å²) >= 11 is 8.08. The molecule has 0 aromatic carbocycles. The van der Waals surface area contributed by atoms with Crippen LogP contribution in [0.3, 0.4) is 0 Å². The number of pyridine rings is 1. The third-order valence-corrected chi connectivity index (χ3v) is 5.04. The molecular weight excluding hydrogens is 308 g/mol. The fraction of sp³-hybridized carbons (Fsp3) is 0.600. The van der Waals surface area contributed by atoms with Crippen molar-refractivity contribution in [2.45, 2.75) is 19.3 Å². The van der Waals surface area contributed by atoms with E-state index in [1.807, 2.05) is 16.7 Å². The molecule has 1 aliphatic carbocycles. The van der Waals surface area contributed by atoms with Gasteiger partial charge in [-0.3, -0.25) is 4.79 Å². The van der Waals surface area contributed by atoms with Crippen LogP contribution in [0.2, 0.25) is 5.02 Å². The van der Waals surface area contributed by atoms with Gasteiger partial charge in [-0.2, -0.15) is 11.8 Å². The van der Waals surface area contributed by atoms with Gasteiger partial charge in [0.1, 0.15) is 5.02 Å². The first-order valence-corrected chi connectivity index (χ1v) is 8.92. The van der Waals surface area contributed by atoms with E-state index in [9.17, 15) is 4.79 Å². The zero-order chi connectivity index (χ0) is 14.7. The summed E-state index contributed by atoms with van der Waals surface area (Å²) < 4.78 is 5.59. The van der Waals surface area contributed by atoms with Crippen molar-refractivity contribution in [2.24, 2.45) is 5.92 Å². The van der Waals surface area contributed by atoms with Crippen molar-refractivity contribution in [3.05, 3.63) is 22.8 Å². The number of carbonyl (C=O) groups is 1. The van der Waals surface area contributed by atoms with Crippen LogP contribution < -0.4 is 4.74 Å². The molecule has 0 spiro atoms. The molecule has 0 unspecified atom stereocenters. The zero-order valence-electron chi connectivity index (χ0n) is 11.9. The molecule has 3 rings (SSSR count). The van der Waals surface area contributed by atoms with Gasteiger partial charge in [0.2, 0.25) is 5.88 Å². The molecule has 2 fully saturated rings. The Morgan fingerprint density at radius 2 is 2.29 bits per heavy atom. The highest BCUT2D eigenvalue weighted by Gasteiger charge is 2.23. The SMILES string of the molecule is O=C(c1cnc(OCC2CC2)c(Cl)c1)N1CCCSCC1. The summed E-state index contributed by atoms with van der Waals surface area (Å²) in [6.07, 6.45) is 5.07. The van der Waals surface area contributed by atoms with Gasteiger partial charge >= 0.3 is 0 Å². The standard InChI is InChI=1S/C15H19ClN2O2S/c16-13-8-12(9-17-14(13)20-10-11-2-3-11)15(19)18-4-1-6-21-7-5-18/h8-9,11H,1-7,10H2. The van der Waals surface area contributed by atoms with Crippen molar-refractivity contribution in [3.8, 4) is 5.88 Å². The molecule has 114 valence electrons. The lowest BCUT2D eigenvalue weighted by Crippen LogP contribution is -2.33. The number of nitrogens with zero attached hydrogens (tertiary/aromatic N) is 2. The molecule has 0 bridgehead atoms. The molecule has 1 saturated carbocycles. The van der Waals surface area contributed by atoms with E-state index in [0.29, 0.717) is 29.0 Å². The average Bonchev–Trinajstić information content (AvgIpc) is 3.32. The summed E-state index contributed by atoms with van der Waals surface area (Å²) in [5.41, 5.74) is 0.547. The number of carbonyl (C=O) groups excluding carboxylic acids is 1. The maximum absolute atomic E-state index is 12.5. The Labute approximate surface area is 134 Å². The van der Waals surface area contributed by atoms with Crippen molar-refractivity contribution >= 4 is 29.3 Å². The van der Waals surface area contributed by atoms with E-state index in [0.717, 1.165) is 31.0 Å². The number of ether oxygens (including phenoxy) is 1. The van der Waals surface area contributed by atoms with Crippen LogP contribution in [0.4, 0.5) is 0 Å². The number of halogens is 1. The van der Waals surface area contributed by atoms with E-state index in [1.54, 1.807) is 12.3 Å². The van der Waals surface area contributed by atoms with Crippen LogP contribution in [-0.2, 0) is 0 Å². The molecule has 1 aliphatic heterocycles. The maximum atomic E-state index is 12.5. The predicted molar refractivity (Wildman–Crippen MR) is 85.3 cm³/mol. The van der Waals surface area contributed by atoms with Crippen LogP contribution in [0.25, 0.3) is 0 Å². The molecule has 21 heavy (non-hydrogen) atoms. The van der Waals surface area contributed by atoms with Crippen LogP contribution in [-0.4, -0.2) is 47.0 Å². The highest BCUT2D eigenvalue weighted by Crippen LogP contribution is 2.31. The van der Waals surface area contributed by atoms with E-state index in [2.05, 4.69) is 4.98 Å². The number of hydrogen-bond acceptors (Lipinski definition) is 4. The smallest absolute Gasteiger partial charge is 0.255 e. The van der Waals surface area contributed by atoms with Gasteiger partial charge in [0.25, 0.3) is 5.91 Å². The molecule has 1 aromatic rings. The molecule has 6 heteroatoms. The molecular formula is C15H19ClN2O2S. The summed E-state index contributed by atoms with van der Waals surface area (Å²) in [6, 6.07) is 1.68. The first kappa shape index (κ1) is 15.0. The number of thioether (sulfide) groups is 1. The minimum atomic E-state index is 0.0145. The van der Waals surface area contributed by atoms with Crippen LogP contribution in [0.1, 0.15) is 29.6 Å². The molecule has 1 aromatic heterocycles. The fourth-order valence-corrected chi connectivity index (χ4v) is 3.37. The normalized spacial score (nSPS) is 19.2. The molecule has 2 aliphatic rings. The average molecular weight is 327 g/mol. The summed E-state index contributed by atoms with van der Waals surface area (Å²) in [5.74, 6) is 3.22. The molecule has 0 N–H and O–H groups in total. The second-order valence-electron chi connectivity index (χ2n) is 5.52. The Kier molecular flexibility index (Phi) is 4.91. The van der Waals surface area contributed by atoms with Crippen LogP contribution in [0, 0.1) is 5.92 Å². The largest absolute Gasteiger partial charge is 0.476 e. The minimum absolute atomic E-state index is 0.0145. The van der Waals surface area contributed by atoms with Gasteiger partial charge in [0, 0.05) is 25.0 Å². The Morgan fingerprint density at radius 1 is 1.43 bits per heavy atom. The first-order chi connectivity index (χ1) is 10.2. The van der Waals surface area contributed by atoms with Gasteiger partial charge in [0.15, 0.2) is 0 Å². The quantitative estimate of drug-likeness (QED) is 0.852. The molecule has 1 saturated heterocycles. The van der Waals surface area contributed by atoms with Gasteiger partial charge in [0.05, 0.1) is 12.2 Å². The van der Waals surface area contributed by atoms with E-state index >= 15 is 0 Å². The zero-order valence-corrected chi connectivity index (χ0v) is 13.5. The summed E-state index contributed by atoms with van der Waals surface area (Å²) in [5, 5.41) is 0.422. The Hall–Kier alpha value is -0.940. The number of amides is 1. The number of rotatable bonds is 4. The first-order valence-electron chi connectivity index (χ1n) is 7.39. The van der Waals surface area contributed by atoms with E-state index in [1.165, 1.54) is 12.8 Å². The lowest BCUT2D eigenvalue weighted by atomic mass is 10.2. The Bertz CT molecular complexity index is 514. The predicted octanol–water partition coefficient (Wildman–Crippen LogP) is 3.10. The van der Waals surface area contributed by atoms with Crippen molar-refractivity contribution < 1.29 is 9.53 Å². The molecule has 1 amide bonds. The van der Waals surface area contributed by atoms with E-state index < -0.39 is 0 Å². The van der Waals surface area contributed by atoms with Crippen molar-refractivity contribution in [1.82, 2.24) is 9.88 Å². The Morgan fingerprint density at radius 3 is 3.05 bits per heavy atom. The van der Waals surface area contributed by atoms with Gasteiger partial charge < -0.3 is 9.64 Å². The van der Waals surface area contributed by atoms with Gasteiger partial charge in [-0.15, -0.1) is 0 Å². The monoisotopic (exact) mass is 326 g/mol. The summed E-state index contributed by atoms with van der Waals surface area (Å²) in [7, 11) is 0. The van der Waals surface area contributed by atoms with Crippen molar-refractivity contribution in [1.29, 1.82) is 0 Å². The molecule has 4 nitrogen and oxygen atoms in total. The van der Waals surface area contributed by atoms with Gasteiger partial charge in [-0.05, 0) is 37.0 Å². The summed E-state index contributed by atoms with van der Waals surface area (Å²) in [6.45, 7) is 2.27. The fourth-order valence-electron chi connectivity index (χ4n) is 2.26. The van der Waals surface area contributed by atoms with E-state index in [-0.39, 0.29) is 5.91 Å². The Balaban J connectivity index is 1.66. The van der Waals surface area contributed by atoms with Crippen molar-refractivity contribution in [3.63, 3.8) is 0 Å². The highest BCUT2D eigenvalue weighted by molar-refractivity contribution is 7.99. The maximum Gasteiger partial charge on any atom is 0.255 e. The van der Waals surface area contributed by atoms with Crippen LogP contribution in [0.15, 0.2) is 12.3 Å². The van der Waals surface area contributed by atoms with Crippen LogP contribution in [0.5, 0.6) is 5.88 Å². The van der Waals surface area contributed by atoms with Crippen LogP contribution >= 0.6 is 23.4 Å².